The molecule has 1 aliphatic rings. The van der Waals surface area contributed by atoms with Crippen molar-refractivity contribution in [2.75, 3.05) is 10.2 Å². The largest absolute Gasteiger partial charge is 0.326 e. The highest BCUT2D eigenvalue weighted by Crippen LogP contribution is 2.37. The predicted molar refractivity (Wildman–Crippen MR) is 106 cm³/mol. The van der Waals surface area contributed by atoms with E-state index in [4.69, 9.17) is 23.2 Å². The molecule has 0 saturated carbocycles. The van der Waals surface area contributed by atoms with Gasteiger partial charge in [-0.25, -0.2) is 4.90 Å². The van der Waals surface area contributed by atoms with Gasteiger partial charge in [-0.05, 0) is 59.8 Å². The van der Waals surface area contributed by atoms with Crippen LogP contribution in [0, 0.1) is 0 Å². The standard InChI is InChI=1S/C18H12Cl2N2O3S/c1-10(23)21-13-4-6-14(7-5-13)22-17(24)16(26-18(22)25)8-11-2-3-12(19)9-15(11)20/h2-9H,1H3,(H,21,23)/b16-8-. The van der Waals surface area contributed by atoms with Crippen molar-refractivity contribution in [3.05, 3.63) is 63.0 Å². The first kappa shape index (κ1) is 18.5. The van der Waals surface area contributed by atoms with Crippen molar-refractivity contribution < 1.29 is 14.4 Å². The number of carbonyl (C=O) groups is 3. The molecular formula is C18H12Cl2N2O3S. The minimum absolute atomic E-state index is 0.202. The quantitative estimate of drug-likeness (QED) is 0.711. The van der Waals surface area contributed by atoms with Gasteiger partial charge in [-0.1, -0.05) is 29.3 Å². The van der Waals surface area contributed by atoms with Gasteiger partial charge in [-0.15, -0.1) is 0 Å². The number of thioether (sulfide) groups is 1. The Hall–Kier alpha value is -2.28. The lowest BCUT2D eigenvalue weighted by molar-refractivity contribution is -0.114. The molecule has 5 nitrogen and oxygen atoms in total. The summed E-state index contributed by atoms with van der Waals surface area (Å²) in [5.74, 6) is -0.634. The molecule has 1 saturated heterocycles. The molecule has 1 aliphatic heterocycles. The van der Waals surface area contributed by atoms with E-state index >= 15 is 0 Å². The number of halogens is 2. The van der Waals surface area contributed by atoms with Gasteiger partial charge in [-0.3, -0.25) is 14.4 Å². The van der Waals surface area contributed by atoms with Crippen LogP contribution in [0.15, 0.2) is 47.4 Å². The van der Waals surface area contributed by atoms with E-state index in [0.717, 1.165) is 16.7 Å². The average molecular weight is 407 g/mol. The van der Waals surface area contributed by atoms with Crippen LogP contribution in [-0.2, 0) is 9.59 Å². The highest BCUT2D eigenvalue weighted by molar-refractivity contribution is 8.19. The highest BCUT2D eigenvalue weighted by Gasteiger charge is 2.36. The minimum atomic E-state index is -0.432. The number of hydrogen-bond donors (Lipinski definition) is 1. The Bertz CT molecular complexity index is 942. The lowest BCUT2D eigenvalue weighted by atomic mass is 10.2. The molecule has 0 aromatic heterocycles. The van der Waals surface area contributed by atoms with Crippen molar-refractivity contribution in [1.29, 1.82) is 0 Å². The first-order valence-corrected chi connectivity index (χ1v) is 9.03. The first-order chi connectivity index (χ1) is 12.3. The molecule has 2 aromatic rings. The molecule has 3 amide bonds. The smallest absolute Gasteiger partial charge is 0.298 e. The number of amides is 3. The Balaban J connectivity index is 1.87. The van der Waals surface area contributed by atoms with Crippen molar-refractivity contribution in [3.63, 3.8) is 0 Å². The fraction of sp³-hybridized carbons (Fsp3) is 0.0556. The Morgan fingerprint density at radius 2 is 1.81 bits per heavy atom. The number of nitrogens with zero attached hydrogens (tertiary/aromatic N) is 1. The summed E-state index contributed by atoms with van der Waals surface area (Å²) in [6.45, 7) is 1.40. The summed E-state index contributed by atoms with van der Waals surface area (Å²) >= 11 is 12.8. The van der Waals surface area contributed by atoms with E-state index in [1.807, 2.05) is 0 Å². The molecule has 0 unspecified atom stereocenters. The maximum atomic E-state index is 12.6. The molecule has 2 aromatic carbocycles. The molecule has 0 radical (unpaired) electrons. The summed E-state index contributed by atoms with van der Waals surface area (Å²) in [6, 6.07) is 11.4. The van der Waals surface area contributed by atoms with Crippen molar-refractivity contribution in [1.82, 2.24) is 0 Å². The molecule has 1 N–H and O–H groups in total. The van der Waals surface area contributed by atoms with Crippen LogP contribution in [0.1, 0.15) is 12.5 Å². The van der Waals surface area contributed by atoms with Gasteiger partial charge in [0.05, 0.1) is 10.6 Å². The van der Waals surface area contributed by atoms with E-state index in [1.54, 1.807) is 48.5 Å². The number of anilines is 2. The first-order valence-electron chi connectivity index (χ1n) is 7.46. The number of nitrogens with one attached hydrogen (secondary N) is 1. The van der Waals surface area contributed by atoms with E-state index in [9.17, 15) is 14.4 Å². The van der Waals surface area contributed by atoms with Crippen LogP contribution >= 0.6 is 35.0 Å². The Labute approximate surface area is 164 Å². The molecule has 0 aliphatic carbocycles. The second kappa shape index (κ2) is 7.53. The molecule has 26 heavy (non-hydrogen) atoms. The molecule has 0 bridgehead atoms. The Morgan fingerprint density at radius 1 is 1.12 bits per heavy atom. The van der Waals surface area contributed by atoms with E-state index < -0.39 is 11.1 Å². The topological polar surface area (TPSA) is 66.5 Å². The maximum absolute atomic E-state index is 12.6. The van der Waals surface area contributed by atoms with E-state index in [-0.39, 0.29) is 10.8 Å². The van der Waals surface area contributed by atoms with E-state index in [0.29, 0.717) is 27.0 Å². The lowest BCUT2D eigenvalue weighted by Gasteiger charge is -2.13. The number of rotatable bonds is 3. The zero-order valence-electron chi connectivity index (χ0n) is 13.5. The number of carbonyl (C=O) groups excluding carboxylic acids is 3. The molecule has 1 fully saturated rings. The van der Waals surface area contributed by atoms with Crippen molar-refractivity contribution in [2.24, 2.45) is 0 Å². The summed E-state index contributed by atoms with van der Waals surface area (Å²) in [5.41, 5.74) is 1.60. The third-order valence-corrected chi connectivity index (χ3v) is 4.92. The number of benzene rings is 2. The minimum Gasteiger partial charge on any atom is -0.326 e. The van der Waals surface area contributed by atoms with E-state index in [2.05, 4.69) is 5.32 Å². The molecule has 8 heteroatoms. The van der Waals surface area contributed by atoms with Crippen molar-refractivity contribution in [3.8, 4) is 0 Å². The lowest BCUT2D eigenvalue weighted by Crippen LogP contribution is -2.27. The fourth-order valence-corrected chi connectivity index (χ4v) is 3.64. The second-order valence-electron chi connectivity index (χ2n) is 5.41. The highest BCUT2D eigenvalue weighted by atomic mass is 35.5. The SMILES string of the molecule is CC(=O)Nc1ccc(N2C(=O)S/C(=C\c3ccc(Cl)cc3Cl)C2=O)cc1. The van der Waals surface area contributed by atoms with Gasteiger partial charge < -0.3 is 5.32 Å². The Morgan fingerprint density at radius 3 is 2.42 bits per heavy atom. The monoisotopic (exact) mass is 406 g/mol. The van der Waals surface area contributed by atoms with Gasteiger partial charge >= 0.3 is 0 Å². The molecule has 132 valence electrons. The third kappa shape index (κ3) is 3.93. The summed E-state index contributed by atoms with van der Waals surface area (Å²) < 4.78 is 0. The maximum Gasteiger partial charge on any atom is 0.298 e. The van der Waals surface area contributed by atoms with Crippen LogP contribution in [0.4, 0.5) is 16.2 Å². The second-order valence-corrected chi connectivity index (χ2v) is 7.25. The summed E-state index contributed by atoms with van der Waals surface area (Å²) in [4.78, 5) is 37.3. The molecular weight excluding hydrogens is 395 g/mol. The fourth-order valence-electron chi connectivity index (χ4n) is 2.35. The van der Waals surface area contributed by atoms with E-state index in [1.165, 1.54) is 6.92 Å². The van der Waals surface area contributed by atoms with Crippen LogP contribution < -0.4 is 10.2 Å². The van der Waals surface area contributed by atoms with Gasteiger partial charge in [-0.2, -0.15) is 0 Å². The van der Waals surface area contributed by atoms with Crippen LogP contribution in [0.5, 0.6) is 0 Å². The summed E-state index contributed by atoms with van der Waals surface area (Å²) in [6.07, 6.45) is 1.56. The van der Waals surface area contributed by atoms with Crippen LogP contribution in [-0.4, -0.2) is 17.1 Å². The van der Waals surface area contributed by atoms with Gasteiger partial charge in [0.25, 0.3) is 11.1 Å². The average Bonchev–Trinajstić information content (AvgIpc) is 2.84. The normalized spacial score (nSPS) is 15.7. The third-order valence-electron chi connectivity index (χ3n) is 3.49. The van der Waals surface area contributed by atoms with Gasteiger partial charge in [0.15, 0.2) is 0 Å². The summed E-state index contributed by atoms with van der Waals surface area (Å²) in [7, 11) is 0. The van der Waals surface area contributed by atoms with Crippen molar-refractivity contribution >= 4 is 69.5 Å². The molecule has 1 heterocycles. The Kier molecular flexibility index (Phi) is 5.36. The number of hydrogen-bond acceptors (Lipinski definition) is 4. The van der Waals surface area contributed by atoms with Crippen molar-refractivity contribution in [2.45, 2.75) is 6.92 Å². The zero-order valence-corrected chi connectivity index (χ0v) is 15.8. The molecule has 0 spiro atoms. The summed E-state index contributed by atoms with van der Waals surface area (Å²) in [5, 5.41) is 3.10. The van der Waals surface area contributed by atoms with Crippen LogP contribution in [0.25, 0.3) is 6.08 Å². The van der Waals surface area contributed by atoms with Gasteiger partial charge in [0, 0.05) is 22.7 Å². The molecule has 0 atom stereocenters. The van der Waals surface area contributed by atoms with Crippen LogP contribution in [0.3, 0.4) is 0 Å². The van der Waals surface area contributed by atoms with Gasteiger partial charge in [0.1, 0.15) is 0 Å². The van der Waals surface area contributed by atoms with Gasteiger partial charge in [0.2, 0.25) is 5.91 Å². The predicted octanol–water partition coefficient (Wildman–Crippen LogP) is 5.19. The molecule has 3 rings (SSSR count). The zero-order chi connectivity index (χ0) is 18.8. The number of imide groups is 1. The van der Waals surface area contributed by atoms with Crippen LogP contribution in [0.2, 0.25) is 10.0 Å².